The van der Waals surface area contributed by atoms with Crippen LogP contribution in [0, 0.1) is 0 Å². The molecular weight excluding hydrogens is 334 g/mol. The highest BCUT2D eigenvalue weighted by molar-refractivity contribution is 9.10. The summed E-state index contributed by atoms with van der Waals surface area (Å²) in [6.07, 6.45) is 2.09. The highest BCUT2D eigenvalue weighted by Crippen LogP contribution is 2.31. The third-order valence-electron chi connectivity index (χ3n) is 3.25. The van der Waals surface area contributed by atoms with Crippen molar-refractivity contribution in [1.82, 2.24) is 5.32 Å². The molecule has 1 unspecified atom stereocenters. The van der Waals surface area contributed by atoms with Gasteiger partial charge in [-0.3, -0.25) is 0 Å². The van der Waals surface area contributed by atoms with Crippen molar-refractivity contribution in [1.29, 1.82) is 0 Å². The fourth-order valence-electron chi connectivity index (χ4n) is 2.18. The third-order valence-corrected chi connectivity index (χ3v) is 4.61. The van der Waals surface area contributed by atoms with Gasteiger partial charge in [0.15, 0.2) is 0 Å². The van der Waals surface area contributed by atoms with E-state index in [0.717, 1.165) is 10.2 Å². The smallest absolute Gasteiger partial charge is 0.133 e. The first kappa shape index (κ1) is 15.4. The largest absolute Gasteiger partial charge is 0.496 e. The van der Waals surface area contributed by atoms with Crippen molar-refractivity contribution < 1.29 is 4.74 Å². The molecule has 1 N–H and O–H groups in total. The van der Waals surface area contributed by atoms with E-state index in [1.807, 2.05) is 13.1 Å². The van der Waals surface area contributed by atoms with Gasteiger partial charge in [-0.05, 0) is 64.6 Å². The van der Waals surface area contributed by atoms with Crippen LogP contribution in [0.4, 0.5) is 0 Å². The van der Waals surface area contributed by atoms with Gasteiger partial charge >= 0.3 is 0 Å². The van der Waals surface area contributed by atoms with Crippen LogP contribution in [-0.4, -0.2) is 20.4 Å². The van der Waals surface area contributed by atoms with E-state index < -0.39 is 0 Å². The number of hydrogen-bond acceptors (Lipinski definition) is 3. The van der Waals surface area contributed by atoms with Crippen LogP contribution in [0.3, 0.4) is 0 Å². The van der Waals surface area contributed by atoms with Gasteiger partial charge in [0.25, 0.3) is 0 Å². The van der Waals surface area contributed by atoms with Crippen LogP contribution in [0.25, 0.3) is 0 Å². The second kappa shape index (κ2) is 7.16. The van der Waals surface area contributed by atoms with Crippen molar-refractivity contribution in [3.63, 3.8) is 0 Å². The predicted molar refractivity (Wildman–Crippen MR) is 89.8 cm³/mol. The number of halogens is 1. The van der Waals surface area contributed by atoms with Gasteiger partial charge < -0.3 is 10.1 Å². The van der Waals surface area contributed by atoms with Crippen LogP contribution in [0.5, 0.6) is 5.75 Å². The maximum absolute atomic E-state index is 5.28. The molecule has 0 aromatic heterocycles. The minimum atomic E-state index is 0.174. The van der Waals surface area contributed by atoms with E-state index in [0.29, 0.717) is 0 Å². The Labute approximate surface area is 133 Å². The molecule has 0 spiro atoms. The van der Waals surface area contributed by atoms with Gasteiger partial charge in [0, 0.05) is 4.90 Å². The zero-order valence-electron chi connectivity index (χ0n) is 11.8. The Morgan fingerprint density at radius 2 is 1.75 bits per heavy atom. The van der Waals surface area contributed by atoms with E-state index in [2.05, 4.69) is 63.9 Å². The van der Waals surface area contributed by atoms with Crippen LogP contribution >= 0.6 is 27.7 Å². The van der Waals surface area contributed by atoms with Crippen molar-refractivity contribution in [2.24, 2.45) is 0 Å². The molecule has 2 aromatic rings. The molecule has 0 saturated carbocycles. The second-order valence-corrected chi connectivity index (χ2v) is 6.12. The summed E-state index contributed by atoms with van der Waals surface area (Å²) in [7, 11) is 3.65. The van der Waals surface area contributed by atoms with Gasteiger partial charge in [-0.25, -0.2) is 0 Å². The van der Waals surface area contributed by atoms with E-state index in [4.69, 9.17) is 4.74 Å². The molecule has 0 aliphatic carbocycles. The molecule has 2 rings (SSSR count). The molecule has 106 valence electrons. The average Bonchev–Trinajstić information content (AvgIpc) is 2.49. The Kier molecular flexibility index (Phi) is 5.52. The van der Waals surface area contributed by atoms with Crippen LogP contribution < -0.4 is 10.1 Å². The molecule has 2 nitrogen and oxygen atoms in total. The molecule has 0 saturated heterocycles. The van der Waals surface area contributed by atoms with Crippen molar-refractivity contribution >= 4 is 27.7 Å². The first-order valence-electron chi connectivity index (χ1n) is 6.34. The second-order valence-electron chi connectivity index (χ2n) is 4.39. The van der Waals surface area contributed by atoms with Gasteiger partial charge in [0.1, 0.15) is 5.75 Å². The summed E-state index contributed by atoms with van der Waals surface area (Å²) in [5, 5.41) is 3.37. The topological polar surface area (TPSA) is 21.3 Å². The van der Waals surface area contributed by atoms with E-state index in [1.165, 1.54) is 16.0 Å². The van der Waals surface area contributed by atoms with Crippen molar-refractivity contribution in [3.05, 3.63) is 58.1 Å². The number of nitrogens with one attached hydrogen (secondary N) is 1. The number of ether oxygens (including phenoxy) is 1. The molecule has 0 fully saturated rings. The van der Waals surface area contributed by atoms with Crippen LogP contribution in [0.1, 0.15) is 17.2 Å². The zero-order valence-corrected chi connectivity index (χ0v) is 14.2. The summed E-state index contributed by atoms with van der Waals surface area (Å²) >= 11 is 5.30. The lowest BCUT2D eigenvalue weighted by atomic mass is 9.99. The van der Waals surface area contributed by atoms with Crippen molar-refractivity contribution in [2.75, 3.05) is 20.4 Å². The normalized spacial score (nSPS) is 12.2. The maximum atomic E-state index is 5.28. The molecule has 20 heavy (non-hydrogen) atoms. The van der Waals surface area contributed by atoms with Crippen molar-refractivity contribution in [3.8, 4) is 5.75 Å². The lowest BCUT2D eigenvalue weighted by Crippen LogP contribution is -2.17. The third kappa shape index (κ3) is 3.37. The summed E-state index contributed by atoms with van der Waals surface area (Å²) in [4.78, 5) is 1.28. The number of methoxy groups -OCH3 is 1. The van der Waals surface area contributed by atoms with E-state index >= 15 is 0 Å². The van der Waals surface area contributed by atoms with Gasteiger partial charge in [-0.15, -0.1) is 11.8 Å². The fourth-order valence-corrected chi connectivity index (χ4v) is 3.15. The minimum Gasteiger partial charge on any atom is -0.496 e. The summed E-state index contributed by atoms with van der Waals surface area (Å²) < 4.78 is 6.25. The van der Waals surface area contributed by atoms with Crippen LogP contribution in [-0.2, 0) is 0 Å². The Morgan fingerprint density at radius 3 is 2.25 bits per heavy atom. The lowest BCUT2D eigenvalue weighted by molar-refractivity contribution is 0.412. The Balaban J connectivity index is 2.33. The molecule has 4 heteroatoms. The molecular formula is C16H18BrNOS. The average molecular weight is 352 g/mol. The first-order chi connectivity index (χ1) is 9.69. The molecule has 1 atom stereocenters. The molecule has 0 heterocycles. The molecule has 0 radical (unpaired) electrons. The van der Waals surface area contributed by atoms with E-state index in [9.17, 15) is 0 Å². The van der Waals surface area contributed by atoms with E-state index in [-0.39, 0.29) is 6.04 Å². The van der Waals surface area contributed by atoms with Gasteiger partial charge in [0.05, 0.1) is 17.6 Å². The maximum Gasteiger partial charge on any atom is 0.133 e. The van der Waals surface area contributed by atoms with E-state index in [1.54, 1.807) is 18.9 Å². The Hall–Kier alpha value is -0.970. The predicted octanol–water partition coefficient (Wildman–Crippen LogP) is 4.49. The van der Waals surface area contributed by atoms with Gasteiger partial charge in [0.2, 0.25) is 0 Å². The quantitative estimate of drug-likeness (QED) is 0.802. The summed E-state index contributed by atoms with van der Waals surface area (Å²) in [5.74, 6) is 0.848. The standard InChI is InChI=1S/C16H18BrNOS/c1-18-16(11-4-7-13(20-3)8-5-11)12-6-9-15(19-2)14(17)10-12/h4-10,16,18H,1-3H3. The molecule has 0 aliphatic heterocycles. The SMILES string of the molecule is CNC(c1ccc(SC)cc1)c1ccc(OC)c(Br)c1. The zero-order chi connectivity index (χ0) is 14.5. The summed E-state index contributed by atoms with van der Waals surface area (Å²) in [6, 6.07) is 15.0. The van der Waals surface area contributed by atoms with Crippen LogP contribution in [0.15, 0.2) is 51.8 Å². The molecule has 0 aliphatic rings. The summed E-state index contributed by atoms with van der Waals surface area (Å²) in [5.41, 5.74) is 2.46. The summed E-state index contributed by atoms with van der Waals surface area (Å²) in [6.45, 7) is 0. The first-order valence-corrected chi connectivity index (χ1v) is 8.36. The highest BCUT2D eigenvalue weighted by atomic mass is 79.9. The van der Waals surface area contributed by atoms with Crippen molar-refractivity contribution in [2.45, 2.75) is 10.9 Å². The monoisotopic (exact) mass is 351 g/mol. The number of rotatable bonds is 5. The Bertz CT molecular complexity index is 571. The lowest BCUT2D eigenvalue weighted by Gasteiger charge is -2.18. The molecule has 0 bridgehead atoms. The Morgan fingerprint density at radius 1 is 1.10 bits per heavy atom. The molecule has 0 amide bonds. The van der Waals surface area contributed by atoms with Crippen LogP contribution in [0.2, 0.25) is 0 Å². The highest BCUT2D eigenvalue weighted by Gasteiger charge is 2.13. The minimum absolute atomic E-state index is 0.174. The van der Waals surface area contributed by atoms with Gasteiger partial charge in [-0.1, -0.05) is 18.2 Å². The number of hydrogen-bond donors (Lipinski definition) is 1. The molecule has 2 aromatic carbocycles. The van der Waals surface area contributed by atoms with Gasteiger partial charge in [-0.2, -0.15) is 0 Å². The number of thioether (sulfide) groups is 1. The fraction of sp³-hybridized carbons (Fsp3) is 0.250. The number of benzene rings is 2.